The number of hydrogen-bond donors (Lipinski definition) is 0. The molecule has 0 aliphatic heterocycles. The molecule has 0 aliphatic rings. The lowest BCUT2D eigenvalue weighted by Gasteiger charge is -2.08. The maximum absolute atomic E-state index is 13.4. The lowest BCUT2D eigenvalue weighted by Crippen LogP contribution is -2.14. The van der Waals surface area contributed by atoms with Gasteiger partial charge in [0, 0.05) is 11.1 Å². The van der Waals surface area contributed by atoms with E-state index in [4.69, 9.17) is 25.5 Å². The Labute approximate surface area is 146 Å². The highest BCUT2D eigenvalue weighted by atomic mass is 35.5. The maximum Gasteiger partial charge on any atom is 0.374 e. The Balaban J connectivity index is 1.63. The van der Waals surface area contributed by atoms with Crippen LogP contribution in [-0.2, 0) is 4.74 Å². The summed E-state index contributed by atoms with van der Waals surface area (Å²) in [6.45, 7) is -0.171. The van der Waals surface area contributed by atoms with E-state index in [0.717, 1.165) is 6.07 Å². The molecule has 25 heavy (non-hydrogen) atoms. The van der Waals surface area contributed by atoms with Gasteiger partial charge in [0.15, 0.2) is 17.0 Å². The average molecular weight is 363 g/mol. The Bertz CT molecular complexity index is 983. The number of ether oxygens (including phenoxy) is 2. The first-order valence-electron chi connectivity index (χ1n) is 7.32. The number of esters is 1. The second-order valence-corrected chi connectivity index (χ2v) is 5.47. The van der Waals surface area contributed by atoms with Gasteiger partial charge in [0.2, 0.25) is 5.76 Å². The van der Waals surface area contributed by atoms with E-state index in [1.165, 1.54) is 30.3 Å². The van der Waals surface area contributed by atoms with Gasteiger partial charge in [0.25, 0.3) is 0 Å². The lowest BCUT2D eigenvalue weighted by molar-refractivity contribution is 0.0413. The van der Waals surface area contributed by atoms with E-state index >= 15 is 0 Å². The predicted molar refractivity (Wildman–Crippen MR) is 89.7 cm³/mol. The first-order valence-corrected chi connectivity index (χ1v) is 7.70. The second-order valence-electron chi connectivity index (χ2n) is 5.03. The topological polar surface area (TPSA) is 65.7 Å². The van der Waals surface area contributed by atoms with Crippen molar-refractivity contribution in [2.24, 2.45) is 0 Å². The minimum atomic E-state index is -0.814. The summed E-state index contributed by atoms with van der Waals surface area (Å²) >= 11 is 5.83. The van der Waals surface area contributed by atoms with Gasteiger partial charge in [0.1, 0.15) is 18.8 Å². The van der Waals surface area contributed by atoms with Gasteiger partial charge >= 0.3 is 5.97 Å². The monoisotopic (exact) mass is 362 g/mol. The van der Waals surface area contributed by atoms with Gasteiger partial charge in [-0.25, -0.2) is 9.18 Å². The molecule has 0 spiro atoms. The van der Waals surface area contributed by atoms with E-state index in [-0.39, 0.29) is 35.7 Å². The molecule has 1 heterocycles. The summed E-state index contributed by atoms with van der Waals surface area (Å²) in [5.74, 6) is -1.49. The summed E-state index contributed by atoms with van der Waals surface area (Å²) < 4.78 is 28.9. The van der Waals surface area contributed by atoms with E-state index in [1.807, 2.05) is 0 Å². The predicted octanol–water partition coefficient (Wildman–Crippen LogP) is 3.82. The molecular formula is C18H12ClFO5. The molecule has 0 N–H and O–H groups in total. The summed E-state index contributed by atoms with van der Waals surface area (Å²) in [4.78, 5) is 24.0. The van der Waals surface area contributed by atoms with Crippen LogP contribution in [0.1, 0.15) is 10.6 Å². The maximum atomic E-state index is 13.4. The normalized spacial score (nSPS) is 10.6. The Hall–Kier alpha value is -2.86. The van der Waals surface area contributed by atoms with Gasteiger partial charge in [0.05, 0.1) is 5.39 Å². The van der Waals surface area contributed by atoms with Crippen LogP contribution in [-0.4, -0.2) is 19.2 Å². The number of carbonyl (C=O) groups is 1. The number of fused-ring (bicyclic) bond motifs is 1. The summed E-state index contributed by atoms with van der Waals surface area (Å²) in [6.07, 6.45) is 0. The fourth-order valence-electron chi connectivity index (χ4n) is 2.15. The number of benzene rings is 2. The molecule has 0 aliphatic carbocycles. The molecule has 0 saturated heterocycles. The molecule has 2 aromatic carbocycles. The minimum absolute atomic E-state index is 0.0416. The van der Waals surface area contributed by atoms with Crippen LogP contribution < -0.4 is 10.2 Å². The minimum Gasteiger partial charge on any atom is -0.487 e. The average Bonchev–Trinajstić information content (AvgIpc) is 2.60. The van der Waals surface area contributed by atoms with E-state index in [9.17, 15) is 14.0 Å². The molecule has 0 bridgehead atoms. The van der Waals surface area contributed by atoms with Gasteiger partial charge in [-0.3, -0.25) is 4.79 Å². The van der Waals surface area contributed by atoms with E-state index in [0.29, 0.717) is 5.02 Å². The second kappa shape index (κ2) is 7.36. The molecule has 0 radical (unpaired) electrons. The standard InChI is InChI=1S/C18H12ClFO5/c19-11-5-6-15-12(9-11)14(21)10-17(25-15)18(22)24-8-7-23-16-4-2-1-3-13(16)20/h1-6,9-10H,7-8H2. The summed E-state index contributed by atoms with van der Waals surface area (Å²) in [5.41, 5.74) is -0.176. The third-order valence-electron chi connectivity index (χ3n) is 3.30. The number of hydrogen-bond acceptors (Lipinski definition) is 5. The van der Waals surface area contributed by atoms with Crippen molar-refractivity contribution in [1.82, 2.24) is 0 Å². The van der Waals surface area contributed by atoms with Crippen molar-refractivity contribution >= 4 is 28.5 Å². The van der Waals surface area contributed by atoms with Gasteiger partial charge in [-0.2, -0.15) is 0 Å². The largest absolute Gasteiger partial charge is 0.487 e. The lowest BCUT2D eigenvalue weighted by atomic mass is 10.2. The zero-order valence-electron chi connectivity index (χ0n) is 12.8. The zero-order valence-corrected chi connectivity index (χ0v) is 13.6. The van der Waals surface area contributed by atoms with Gasteiger partial charge in [-0.1, -0.05) is 23.7 Å². The van der Waals surface area contributed by atoms with Crippen molar-refractivity contribution in [3.8, 4) is 5.75 Å². The van der Waals surface area contributed by atoms with E-state index < -0.39 is 17.2 Å². The molecular weight excluding hydrogens is 351 g/mol. The van der Waals surface area contributed by atoms with Gasteiger partial charge in [-0.05, 0) is 30.3 Å². The van der Waals surface area contributed by atoms with Crippen LogP contribution in [0, 0.1) is 5.82 Å². The van der Waals surface area contributed by atoms with Crippen LogP contribution in [0.4, 0.5) is 4.39 Å². The number of para-hydroxylation sites is 1. The highest BCUT2D eigenvalue weighted by molar-refractivity contribution is 6.31. The van der Waals surface area contributed by atoms with Crippen molar-refractivity contribution in [2.75, 3.05) is 13.2 Å². The molecule has 0 saturated carbocycles. The molecule has 3 aromatic rings. The quantitative estimate of drug-likeness (QED) is 0.510. The highest BCUT2D eigenvalue weighted by Crippen LogP contribution is 2.18. The van der Waals surface area contributed by atoms with E-state index in [2.05, 4.69) is 0 Å². The first-order chi connectivity index (χ1) is 12.0. The summed E-state index contributed by atoms with van der Waals surface area (Å²) in [6, 6.07) is 11.4. The summed E-state index contributed by atoms with van der Waals surface area (Å²) in [7, 11) is 0. The van der Waals surface area contributed by atoms with Crippen molar-refractivity contribution in [3.63, 3.8) is 0 Å². The molecule has 0 unspecified atom stereocenters. The fourth-order valence-corrected chi connectivity index (χ4v) is 2.32. The number of rotatable bonds is 5. The van der Waals surface area contributed by atoms with Crippen LogP contribution in [0.15, 0.2) is 57.7 Å². The van der Waals surface area contributed by atoms with Gasteiger partial charge in [-0.15, -0.1) is 0 Å². The van der Waals surface area contributed by atoms with Crippen molar-refractivity contribution < 1.29 is 23.1 Å². The smallest absolute Gasteiger partial charge is 0.374 e. The van der Waals surface area contributed by atoms with Crippen LogP contribution in [0.3, 0.4) is 0 Å². The fraction of sp³-hybridized carbons (Fsp3) is 0.111. The molecule has 0 fully saturated rings. The third kappa shape index (κ3) is 3.97. The zero-order chi connectivity index (χ0) is 17.8. The number of carbonyl (C=O) groups excluding carboxylic acids is 1. The van der Waals surface area contributed by atoms with Crippen LogP contribution in [0.5, 0.6) is 5.75 Å². The molecule has 1 aromatic heterocycles. The Morgan fingerprint density at radius 2 is 1.92 bits per heavy atom. The molecule has 0 atom stereocenters. The van der Waals surface area contributed by atoms with Crippen LogP contribution in [0.2, 0.25) is 5.02 Å². The molecule has 0 amide bonds. The number of halogens is 2. The molecule has 3 rings (SSSR count). The molecule has 128 valence electrons. The third-order valence-corrected chi connectivity index (χ3v) is 3.54. The SMILES string of the molecule is O=C(OCCOc1ccccc1F)c1cc(=O)c2cc(Cl)ccc2o1. The Morgan fingerprint density at radius 3 is 2.72 bits per heavy atom. The first kappa shape index (κ1) is 17.0. The Morgan fingerprint density at radius 1 is 1.12 bits per heavy atom. The highest BCUT2D eigenvalue weighted by Gasteiger charge is 2.14. The van der Waals surface area contributed by atoms with Crippen LogP contribution >= 0.6 is 11.6 Å². The van der Waals surface area contributed by atoms with Crippen molar-refractivity contribution in [2.45, 2.75) is 0 Å². The van der Waals surface area contributed by atoms with Gasteiger partial charge < -0.3 is 13.9 Å². The van der Waals surface area contributed by atoms with E-state index in [1.54, 1.807) is 12.1 Å². The summed E-state index contributed by atoms with van der Waals surface area (Å²) in [5, 5.41) is 0.660. The Kier molecular flexibility index (Phi) is 5.00. The van der Waals surface area contributed by atoms with Crippen molar-refractivity contribution in [3.05, 3.63) is 75.4 Å². The molecule has 5 nitrogen and oxygen atoms in total. The van der Waals surface area contributed by atoms with Crippen LogP contribution in [0.25, 0.3) is 11.0 Å². The van der Waals surface area contributed by atoms with Crippen molar-refractivity contribution in [1.29, 1.82) is 0 Å². The molecule has 7 heteroatoms.